The maximum Gasteiger partial charge on any atom is 0.144 e. The number of rotatable bonds is 5. The van der Waals surface area contributed by atoms with Crippen LogP contribution in [0.5, 0.6) is 0 Å². The molecule has 1 aliphatic carbocycles. The standard InChI is InChI=1S/C63H41NO2/c1-63(2)51-35-50-53(37-49(51)57-52(63)34-47(61-59(57)45-22-12-14-24-55(45)65-61)42-30-26-40(27-31-42)38-16-6-3-7-17-38)64(44-20-10-5-11-21-44)54-36-48(43-32-28-41(29-33-43)39-18-8-4-9-19-39)62-60(58(50)54)46-23-13-15-25-56(46)66-62/h3-37H,1-2H3. The van der Waals surface area contributed by atoms with Crippen molar-refractivity contribution in [3.63, 3.8) is 0 Å². The molecule has 0 spiro atoms. The fraction of sp³-hybridized carbons (Fsp3) is 0.0476. The molecule has 1 aliphatic rings. The highest BCUT2D eigenvalue weighted by atomic mass is 16.3. The van der Waals surface area contributed by atoms with Gasteiger partial charge in [-0.05, 0) is 104 Å². The zero-order valence-electron chi connectivity index (χ0n) is 36.5. The van der Waals surface area contributed by atoms with E-state index in [-0.39, 0.29) is 5.41 Å². The minimum Gasteiger partial charge on any atom is -0.455 e. The van der Waals surface area contributed by atoms with Crippen molar-refractivity contribution in [1.82, 2.24) is 4.57 Å². The van der Waals surface area contributed by atoms with Crippen LogP contribution in [0.1, 0.15) is 25.0 Å². The van der Waals surface area contributed by atoms with Crippen molar-refractivity contribution in [2.45, 2.75) is 19.3 Å². The van der Waals surface area contributed by atoms with Crippen molar-refractivity contribution in [3.05, 3.63) is 223 Å². The van der Waals surface area contributed by atoms with Crippen LogP contribution in [0.15, 0.2) is 221 Å². The van der Waals surface area contributed by atoms with Crippen molar-refractivity contribution in [2.75, 3.05) is 0 Å². The number of furan rings is 2. The van der Waals surface area contributed by atoms with E-state index >= 15 is 0 Å². The lowest BCUT2D eigenvalue weighted by molar-refractivity contribution is 0.658. The van der Waals surface area contributed by atoms with E-state index in [4.69, 9.17) is 8.83 Å². The summed E-state index contributed by atoms with van der Waals surface area (Å²) >= 11 is 0. The highest BCUT2D eigenvalue weighted by Crippen LogP contribution is 2.57. The van der Waals surface area contributed by atoms with E-state index in [1.165, 1.54) is 60.7 Å². The minimum atomic E-state index is -0.330. The Kier molecular flexibility index (Phi) is 7.74. The van der Waals surface area contributed by atoms with Gasteiger partial charge in [0.25, 0.3) is 0 Å². The first-order valence-corrected chi connectivity index (χ1v) is 22.8. The molecule has 0 bridgehead atoms. The number of hydrogen-bond acceptors (Lipinski definition) is 2. The first-order valence-electron chi connectivity index (χ1n) is 22.8. The van der Waals surface area contributed by atoms with Crippen LogP contribution in [0.3, 0.4) is 0 Å². The van der Waals surface area contributed by atoms with E-state index in [0.717, 1.165) is 77.5 Å². The van der Waals surface area contributed by atoms with Gasteiger partial charge in [0.15, 0.2) is 0 Å². The summed E-state index contributed by atoms with van der Waals surface area (Å²) in [6, 6.07) is 76.8. The second kappa shape index (κ2) is 13.8. The molecule has 0 saturated heterocycles. The average Bonchev–Trinajstić information content (AvgIpc) is 4.10. The highest BCUT2D eigenvalue weighted by molar-refractivity contribution is 6.31. The summed E-state index contributed by atoms with van der Waals surface area (Å²) in [5.41, 5.74) is 21.0. The Labute approximate surface area is 381 Å². The first kappa shape index (κ1) is 37.0. The normalized spacial score (nSPS) is 13.1. The summed E-state index contributed by atoms with van der Waals surface area (Å²) in [4.78, 5) is 0. The van der Waals surface area contributed by atoms with Gasteiger partial charge >= 0.3 is 0 Å². The molecule has 3 heteroatoms. The van der Waals surface area contributed by atoms with E-state index in [2.05, 4.69) is 231 Å². The monoisotopic (exact) mass is 843 g/mol. The van der Waals surface area contributed by atoms with Crippen molar-refractivity contribution in [2.24, 2.45) is 0 Å². The predicted molar refractivity (Wildman–Crippen MR) is 275 cm³/mol. The van der Waals surface area contributed by atoms with Crippen LogP contribution >= 0.6 is 0 Å². The third-order valence-corrected chi connectivity index (χ3v) is 14.4. The third-order valence-electron chi connectivity index (χ3n) is 14.4. The van der Waals surface area contributed by atoms with E-state index < -0.39 is 0 Å². The molecule has 14 rings (SSSR count). The Hall–Kier alpha value is -8.40. The Morgan fingerprint density at radius 1 is 0.348 bits per heavy atom. The molecular weight excluding hydrogens is 803 g/mol. The quantitative estimate of drug-likeness (QED) is 0.173. The van der Waals surface area contributed by atoms with E-state index in [0.29, 0.717) is 0 Å². The molecule has 0 fully saturated rings. The van der Waals surface area contributed by atoms with Crippen LogP contribution in [0.4, 0.5) is 0 Å². The highest BCUT2D eigenvalue weighted by Gasteiger charge is 2.40. The largest absolute Gasteiger partial charge is 0.455 e. The zero-order chi connectivity index (χ0) is 43.7. The van der Waals surface area contributed by atoms with Crippen molar-refractivity contribution >= 4 is 65.7 Å². The first-order chi connectivity index (χ1) is 32.5. The second-order valence-corrected chi connectivity index (χ2v) is 18.4. The Morgan fingerprint density at radius 2 is 0.803 bits per heavy atom. The van der Waals surface area contributed by atoms with Gasteiger partial charge in [-0.15, -0.1) is 0 Å². The van der Waals surface area contributed by atoms with Gasteiger partial charge in [0.05, 0.1) is 11.0 Å². The lowest BCUT2D eigenvalue weighted by atomic mass is 9.80. The minimum absolute atomic E-state index is 0.330. The topological polar surface area (TPSA) is 31.2 Å². The molecule has 0 unspecified atom stereocenters. The average molecular weight is 844 g/mol. The summed E-state index contributed by atoms with van der Waals surface area (Å²) in [6.45, 7) is 4.80. The molecule has 66 heavy (non-hydrogen) atoms. The van der Waals surface area contributed by atoms with Gasteiger partial charge in [-0.1, -0.05) is 178 Å². The smallest absolute Gasteiger partial charge is 0.144 e. The van der Waals surface area contributed by atoms with Crippen LogP contribution in [0.2, 0.25) is 0 Å². The second-order valence-electron chi connectivity index (χ2n) is 18.4. The number of aromatic nitrogens is 1. The Balaban J connectivity index is 1.06. The Bertz CT molecular complexity index is 4080. The van der Waals surface area contributed by atoms with Crippen molar-refractivity contribution in [3.8, 4) is 61.3 Å². The van der Waals surface area contributed by atoms with Gasteiger partial charge in [0, 0.05) is 54.5 Å². The zero-order valence-corrected chi connectivity index (χ0v) is 36.5. The third kappa shape index (κ3) is 5.26. The maximum absolute atomic E-state index is 6.96. The summed E-state index contributed by atoms with van der Waals surface area (Å²) in [5, 5.41) is 6.97. The lowest BCUT2D eigenvalue weighted by Gasteiger charge is -2.22. The van der Waals surface area contributed by atoms with Crippen LogP contribution in [0, 0.1) is 0 Å². The molecule has 0 N–H and O–H groups in total. The number of para-hydroxylation sites is 3. The summed E-state index contributed by atoms with van der Waals surface area (Å²) < 4.78 is 16.4. The molecule has 13 aromatic rings. The molecule has 0 amide bonds. The maximum atomic E-state index is 6.96. The lowest BCUT2D eigenvalue weighted by Crippen LogP contribution is -2.15. The van der Waals surface area contributed by atoms with E-state index in [9.17, 15) is 0 Å². The molecule has 0 radical (unpaired) electrons. The predicted octanol–water partition coefficient (Wildman–Crippen LogP) is 17.6. The van der Waals surface area contributed by atoms with Gasteiger partial charge in [0.2, 0.25) is 0 Å². The van der Waals surface area contributed by atoms with Crippen molar-refractivity contribution < 1.29 is 8.83 Å². The summed E-state index contributed by atoms with van der Waals surface area (Å²) in [7, 11) is 0. The molecule has 3 nitrogen and oxygen atoms in total. The van der Waals surface area contributed by atoms with Crippen LogP contribution < -0.4 is 0 Å². The Morgan fingerprint density at radius 3 is 1.39 bits per heavy atom. The number of nitrogens with zero attached hydrogens (tertiary/aromatic N) is 1. The SMILES string of the molecule is CC1(C)c2cc3c4c5c(oc6ccccc65)c(-c5ccc(-c6ccccc6)cc5)cc4n(-c4ccccc4)c3cc2-c2c1cc(-c1ccc(-c3ccccc3)cc1)c1oc3ccccc3c21. The van der Waals surface area contributed by atoms with Crippen LogP contribution in [-0.4, -0.2) is 4.57 Å². The summed E-state index contributed by atoms with van der Waals surface area (Å²) in [6.07, 6.45) is 0. The summed E-state index contributed by atoms with van der Waals surface area (Å²) in [5.74, 6) is 0. The molecule has 0 aliphatic heterocycles. The number of fused-ring (bicyclic) bond motifs is 14. The van der Waals surface area contributed by atoms with Gasteiger partial charge in [0.1, 0.15) is 22.3 Å². The fourth-order valence-corrected chi connectivity index (χ4v) is 11.2. The van der Waals surface area contributed by atoms with Crippen molar-refractivity contribution in [1.29, 1.82) is 0 Å². The molecule has 0 atom stereocenters. The van der Waals surface area contributed by atoms with Gasteiger partial charge in [-0.25, -0.2) is 0 Å². The van der Waals surface area contributed by atoms with Gasteiger partial charge in [-0.3, -0.25) is 0 Å². The van der Waals surface area contributed by atoms with Gasteiger partial charge in [-0.2, -0.15) is 0 Å². The molecule has 3 heterocycles. The molecular formula is C63H41NO2. The molecule has 0 saturated carbocycles. The van der Waals surface area contributed by atoms with E-state index in [1.54, 1.807) is 0 Å². The molecule has 3 aromatic heterocycles. The number of hydrogen-bond donors (Lipinski definition) is 0. The van der Waals surface area contributed by atoms with Gasteiger partial charge < -0.3 is 13.4 Å². The van der Waals surface area contributed by atoms with E-state index in [1.807, 2.05) is 0 Å². The van der Waals surface area contributed by atoms with Crippen LogP contribution in [0.25, 0.3) is 127 Å². The van der Waals surface area contributed by atoms with Crippen LogP contribution in [-0.2, 0) is 5.41 Å². The molecule has 310 valence electrons. The molecule has 10 aromatic carbocycles. The number of benzene rings is 10. The fourth-order valence-electron chi connectivity index (χ4n) is 11.2.